The molecule has 0 radical (unpaired) electrons. The van der Waals surface area contributed by atoms with Crippen molar-refractivity contribution in [2.75, 3.05) is 81.2 Å². The zero-order valence-electron chi connectivity index (χ0n) is 22.5. The number of hydrogen-bond acceptors (Lipinski definition) is 8. The minimum absolute atomic E-state index is 0.252. The summed E-state index contributed by atoms with van der Waals surface area (Å²) >= 11 is 0. The van der Waals surface area contributed by atoms with Gasteiger partial charge in [0.15, 0.2) is 0 Å². The Morgan fingerprint density at radius 1 is 0.949 bits per heavy atom. The Hall–Kier alpha value is -3.73. The number of ether oxygens (including phenoxy) is 2. The highest BCUT2D eigenvalue weighted by atomic mass is 16.5. The van der Waals surface area contributed by atoms with Crippen LogP contribution in [0.5, 0.6) is 0 Å². The minimum Gasteiger partial charge on any atom is -0.379 e. The summed E-state index contributed by atoms with van der Waals surface area (Å²) in [6.07, 6.45) is 3.64. The maximum atomic E-state index is 12.8. The second-order valence-electron chi connectivity index (χ2n) is 9.74. The zero-order chi connectivity index (χ0) is 26.9. The molecule has 2 aliphatic rings. The van der Waals surface area contributed by atoms with E-state index < -0.39 is 0 Å². The van der Waals surface area contributed by atoms with Gasteiger partial charge in [0.2, 0.25) is 5.95 Å². The molecule has 3 heterocycles. The van der Waals surface area contributed by atoms with Gasteiger partial charge < -0.3 is 30.3 Å². The average molecular weight is 532 g/mol. The highest BCUT2D eigenvalue weighted by Gasteiger charge is 2.15. The summed E-state index contributed by atoms with van der Waals surface area (Å²) in [4.78, 5) is 26.4. The van der Waals surface area contributed by atoms with Crippen molar-refractivity contribution in [2.24, 2.45) is 0 Å². The predicted molar refractivity (Wildman–Crippen MR) is 153 cm³/mol. The Morgan fingerprint density at radius 2 is 1.67 bits per heavy atom. The van der Waals surface area contributed by atoms with Gasteiger partial charge in [-0.1, -0.05) is 24.3 Å². The van der Waals surface area contributed by atoms with E-state index in [2.05, 4.69) is 47.9 Å². The number of amides is 2. The summed E-state index contributed by atoms with van der Waals surface area (Å²) in [5, 5.41) is 9.26. The molecule has 1 aromatic heterocycles. The van der Waals surface area contributed by atoms with E-state index >= 15 is 0 Å². The first-order chi connectivity index (χ1) is 19.2. The maximum Gasteiger partial charge on any atom is 0.319 e. The topological polar surface area (TPSA) is 104 Å². The van der Waals surface area contributed by atoms with Crippen molar-refractivity contribution in [3.05, 3.63) is 66.0 Å². The Morgan fingerprint density at radius 3 is 2.44 bits per heavy atom. The fourth-order valence-corrected chi connectivity index (χ4v) is 4.84. The van der Waals surface area contributed by atoms with E-state index in [1.807, 2.05) is 49.6 Å². The van der Waals surface area contributed by atoms with Gasteiger partial charge in [0.25, 0.3) is 0 Å². The predicted octanol–water partition coefficient (Wildman–Crippen LogP) is 3.35. The first-order valence-corrected chi connectivity index (χ1v) is 13.6. The molecule has 0 saturated carbocycles. The molecule has 10 nitrogen and oxygen atoms in total. The van der Waals surface area contributed by atoms with E-state index in [-0.39, 0.29) is 6.03 Å². The number of aryl methyl sites for hydroxylation is 1. The second kappa shape index (κ2) is 13.4. The molecule has 0 atom stereocenters. The number of rotatable bonds is 9. The summed E-state index contributed by atoms with van der Waals surface area (Å²) in [5.74, 6) is 0.607. The van der Waals surface area contributed by atoms with E-state index in [9.17, 15) is 4.79 Å². The van der Waals surface area contributed by atoms with E-state index in [1.54, 1.807) is 0 Å². The Kier molecular flexibility index (Phi) is 9.21. The average Bonchev–Trinajstić information content (AvgIpc) is 2.99. The SMILES string of the molecule is Cc1ccc(NC(=O)NCc2ccccc2N2CCOCC2)cc1-c1cnc(NCCN2CCOCC2)nc1. The molecule has 2 aromatic carbocycles. The van der Waals surface area contributed by atoms with Crippen LogP contribution < -0.4 is 20.9 Å². The summed E-state index contributed by atoms with van der Waals surface area (Å²) in [6, 6.07) is 13.8. The van der Waals surface area contributed by atoms with Gasteiger partial charge in [0, 0.05) is 75.1 Å². The number of carbonyl (C=O) groups is 1. The highest BCUT2D eigenvalue weighted by Crippen LogP contribution is 2.26. The second-order valence-corrected chi connectivity index (χ2v) is 9.74. The van der Waals surface area contributed by atoms with Crippen LogP contribution in [-0.4, -0.2) is 86.6 Å². The number of aromatic nitrogens is 2. The van der Waals surface area contributed by atoms with Gasteiger partial charge in [-0.05, 0) is 41.8 Å². The quantitative estimate of drug-likeness (QED) is 0.386. The van der Waals surface area contributed by atoms with Crippen LogP contribution in [0, 0.1) is 6.92 Å². The maximum absolute atomic E-state index is 12.8. The molecular formula is C29H37N7O3. The van der Waals surface area contributed by atoms with Gasteiger partial charge >= 0.3 is 6.03 Å². The van der Waals surface area contributed by atoms with Crippen LogP contribution in [0.1, 0.15) is 11.1 Å². The summed E-state index contributed by atoms with van der Waals surface area (Å²) in [7, 11) is 0. The Labute approximate surface area is 229 Å². The van der Waals surface area contributed by atoms with Crippen LogP contribution in [0.25, 0.3) is 11.1 Å². The van der Waals surface area contributed by atoms with Crippen LogP contribution in [0.4, 0.5) is 22.1 Å². The number of carbonyl (C=O) groups excluding carboxylic acids is 1. The van der Waals surface area contributed by atoms with Crippen molar-refractivity contribution in [3.8, 4) is 11.1 Å². The number of para-hydroxylation sites is 1. The van der Waals surface area contributed by atoms with E-state index in [0.29, 0.717) is 18.2 Å². The molecule has 2 saturated heterocycles. The molecule has 0 aliphatic carbocycles. The minimum atomic E-state index is -0.252. The largest absolute Gasteiger partial charge is 0.379 e. The van der Waals surface area contributed by atoms with Crippen LogP contribution in [0.15, 0.2) is 54.9 Å². The number of hydrogen-bond donors (Lipinski definition) is 3. The number of morpholine rings is 2. The van der Waals surface area contributed by atoms with Crippen molar-refractivity contribution in [3.63, 3.8) is 0 Å². The summed E-state index contributed by atoms with van der Waals surface area (Å²) in [6.45, 7) is 10.8. The fraction of sp³-hybridized carbons (Fsp3) is 0.414. The van der Waals surface area contributed by atoms with E-state index in [4.69, 9.17) is 9.47 Å². The standard InChI is InChI=1S/C29H37N7O3/c1-22-6-7-25(34-29(37)33-19-23-4-2-3-5-27(23)36-12-16-39-17-13-36)18-26(22)24-20-31-28(32-21-24)30-8-9-35-10-14-38-15-11-35/h2-7,18,20-21H,8-17,19H2,1H3,(H,30,31,32)(H2,33,34,37). The Bertz CT molecular complexity index is 1230. The zero-order valence-corrected chi connectivity index (χ0v) is 22.5. The molecule has 206 valence electrons. The number of urea groups is 1. The molecule has 3 aromatic rings. The van der Waals surface area contributed by atoms with Crippen LogP contribution >= 0.6 is 0 Å². The lowest BCUT2D eigenvalue weighted by Gasteiger charge is -2.30. The number of anilines is 3. The molecule has 0 unspecified atom stereocenters. The van der Waals surface area contributed by atoms with Crippen molar-refractivity contribution >= 4 is 23.4 Å². The monoisotopic (exact) mass is 531 g/mol. The van der Waals surface area contributed by atoms with Gasteiger partial charge in [-0.3, -0.25) is 4.90 Å². The highest BCUT2D eigenvalue weighted by molar-refractivity contribution is 5.90. The number of nitrogens with one attached hydrogen (secondary N) is 3. The molecule has 2 aliphatic heterocycles. The first-order valence-electron chi connectivity index (χ1n) is 13.6. The summed E-state index contributed by atoms with van der Waals surface area (Å²) in [5.41, 5.74) is 5.88. The summed E-state index contributed by atoms with van der Waals surface area (Å²) < 4.78 is 10.9. The fourth-order valence-electron chi connectivity index (χ4n) is 4.84. The molecule has 5 rings (SSSR count). The van der Waals surface area contributed by atoms with E-state index in [1.165, 1.54) is 0 Å². The third-order valence-corrected chi connectivity index (χ3v) is 7.06. The van der Waals surface area contributed by atoms with Crippen LogP contribution in [0.2, 0.25) is 0 Å². The molecular weight excluding hydrogens is 494 g/mol. The van der Waals surface area contributed by atoms with Crippen LogP contribution in [0.3, 0.4) is 0 Å². The smallest absolute Gasteiger partial charge is 0.319 e. The lowest BCUT2D eigenvalue weighted by Crippen LogP contribution is -2.39. The molecule has 3 N–H and O–H groups in total. The van der Waals surface area contributed by atoms with Gasteiger partial charge in [-0.15, -0.1) is 0 Å². The molecule has 2 fully saturated rings. The van der Waals surface area contributed by atoms with Crippen molar-refractivity contribution < 1.29 is 14.3 Å². The molecule has 0 spiro atoms. The van der Waals surface area contributed by atoms with Crippen molar-refractivity contribution in [1.82, 2.24) is 20.2 Å². The first kappa shape index (κ1) is 26.9. The van der Waals surface area contributed by atoms with Gasteiger partial charge in [0.05, 0.1) is 26.4 Å². The molecule has 10 heteroatoms. The third kappa shape index (κ3) is 7.44. The van der Waals surface area contributed by atoms with Crippen molar-refractivity contribution in [1.29, 1.82) is 0 Å². The molecule has 39 heavy (non-hydrogen) atoms. The van der Waals surface area contributed by atoms with Crippen LogP contribution in [-0.2, 0) is 16.0 Å². The molecule has 0 bridgehead atoms. The lowest BCUT2D eigenvalue weighted by atomic mass is 10.0. The number of nitrogens with zero attached hydrogens (tertiary/aromatic N) is 4. The Balaban J connectivity index is 1.16. The third-order valence-electron chi connectivity index (χ3n) is 7.06. The van der Waals surface area contributed by atoms with Gasteiger partial charge in [-0.25, -0.2) is 14.8 Å². The lowest BCUT2D eigenvalue weighted by molar-refractivity contribution is 0.0398. The number of benzene rings is 2. The van der Waals surface area contributed by atoms with Crippen molar-refractivity contribution in [2.45, 2.75) is 13.5 Å². The normalized spacial score (nSPS) is 16.1. The molecule has 2 amide bonds. The van der Waals surface area contributed by atoms with Gasteiger partial charge in [0.1, 0.15) is 0 Å². The van der Waals surface area contributed by atoms with E-state index in [0.717, 1.165) is 93.6 Å². The van der Waals surface area contributed by atoms with Gasteiger partial charge in [-0.2, -0.15) is 0 Å².